The molecule has 0 N–H and O–H groups in total. The van der Waals surface area contributed by atoms with Crippen molar-refractivity contribution in [1.82, 2.24) is 5.06 Å². The molecule has 1 rings (SSSR count). The smallest absolute Gasteiger partial charge is 0.433 e. The van der Waals surface area contributed by atoms with Gasteiger partial charge in [0.15, 0.2) is 0 Å². The molecule has 0 aliphatic carbocycles. The molecule has 1 amide bonds. The molecule has 1 aromatic rings. The molecule has 0 saturated carbocycles. The molecular weight excluding hydrogens is 278 g/mol. The van der Waals surface area contributed by atoms with E-state index in [-0.39, 0.29) is 0 Å². The lowest BCUT2D eigenvalue weighted by atomic mass is 10.1. The van der Waals surface area contributed by atoms with Crippen LogP contribution in [0.3, 0.4) is 0 Å². The monoisotopic (exact) mass is 307 g/mol. The largest absolute Gasteiger partial charge is 0.448 e. The van der Waals surface area contributed by atoms with E-state index in [0.29, 0.717) is 19.8 Å². The summed E-state index contributed by atoms with van der Waals surface area (Å²) in [6, 6.07) is 9.84. The van der Waals surface area contributed by atoms with Gasteiger partial charge in [0.1, 0.15) is 6.61 Å². The standard InChI is InChI=1S/C18H29NO3/c1-3-5-6-7-8-12-15-19(18(20)21-4-2)22-16-17-13-10-9-11-14-17/h9-11,13-14H,3-8,12,15-16H2,1-2H3. The maximum Gasteiger partial charge on any atom is 0.433 e. The Morgan fingerprint density at radius 2 is 1.68 bits per heavy atom. The Morgan fingerprint density at radius 3 is 2.36 bits per heavy atom. The van der Waals surface area contributed by atoms with Crippen molar-refractivity contribution in [3.63, 3.8) is 0 Å². The van der Waals surface area contributed by atoms with E-state index in [4.69, 9.17) is 9.57 Å². The lowest BCUT2D eigenvalue weighted by molar-refractivity contribution is -0.146. The first-order valence-corrected chi connectivity index (χ1v) is 8.39. The third kappa shape index (κ3) is 8.03. The third-order valence-corrected chi connectivity index (χ3v) is 3.42. The van der Waals surface area contributed by atoms with Gasteiger partial charge in [-0.3, -0.25) is 4.84 Å². The highest BCUT2D eigenvalue weighted by molar-refractivity contribution is 5.66. The molecule has 0 bridgehead atoms. The van der Waals surface area contributed by atoms with Crippen LogP contribution in [0.4, 0.5) is 4.79 Å². The van der Waals surface area contributed by atoms with Gasteiger partial charge in [-0.05, 0) is 18.9 Å². The van der Waals surface area contributed by atoms with Crippen LogP contribution in [-0.2, 0) is 16.2 Å². The highest BCUT2D eigenvalue weighted by Crippen LogP contribution is 2.09. The van der Waals surface area contributed by atoms with Crippen LogP contribution in [0.25, 0.3) is 0 Å². The zero-order valence-corrected chi connectivity index (χ0v) is 13.9. The maximum atomic E-state index is 11.9. The van der Waals surface area contributed by atoms with Gasteiger partial charge < -0.3 is 4.74 Å². The number of rotatable bonds is 11. The molecule has 0 radical (unpaired) electrons. The van der Waals surface area contributed by atoms with E-state index >= 15 is 0 Å². The molecule has 0 fully saturated rings. The third-order valence-electron chi connectivity index (χ3n) is 3.42. The van der Waals surface area contributed by atoms with Crippen molar-refractivity contribution in [2.45, 2.75) is 59.0 Å². The van der Waals surface area contributed by atoms with E-state index < -0.39 is 6.09 Å². The lowest BCUT2D eigenvalue weighted by Gasteiger charge is -2.21. The van der Waals surface area contributed by atoms with Gasteiger partial charge >= 0.3 is 6.09 Å². The van der Waals surface area contributed by atoms with Crippen molar-refractivity contribution in [2.24, 2.45) is 0 Å². The van der Waals surface area contributed by atoms with Gasteiger partial charge in [-0.15, -0.1) is 0 Å². The summed E-state index contributed by atoms with van der Waals surface area (Å²) >= 11 is 0. The second-order valence-electron chi connectivity index (χ2n) is 5.33. The second-order valence-corrected chi connectivity index (χ2v) is 5.33. The summed E-state index contributed by atoms with van der Waals surface area (Å²) in [5, 5.41) is 1.36. The Balaban J connectivity index is 2.34. The highest BCUT2D eigenvalue weighted by atomic mass is 16.7. The van der Waals surface area contributed by atoms with E-state index in [0.717, 1.165) is 18.4 Å². The summed E-state index contributed by atoms with van der Waals surface area (Å²) in [6.07, 6.45) is 6.67. The van der Waals surface area contributed by atoms with E-state index in [9.17, 15) is 4.79 Å². The van der Waals surface area contributed by atoms with Crippen LogP contribution < -0.4 is 0 Å². The van der Waals surface area contributed by atoms with E-state index in [2.05, 4.69) is 6.92 Å². The van der Waals surface area contributed by atoms with Gasteiger partial charge in [-0.25, -0.2) is 4.79 Å². The van der Waals surface area contributed by atoms with Crippen molar-refractivity contribution in [2.75, 3.05) is 13.2 Å². The highest BCUT2D eigenvalue weighted by Gasteiger charge is 2.15. The minimum atomic E-state index is -0.396. The van der Waals surface area contributed by atoms with E-state index in [1.54, 1.807) is 6.92 Å². The number of hydrogen-bond donors (Lipinski definition) is 0. The van der Waals surface area contributed by atoms with Crippen molar-refractivity contribution in [3.8, 4) is 0 Å². The van der Waals surface area contributed by atoms with Gasteiger partial charge in [-0.2, -0.15) is 5.06 Å². The summed E-state index contributed by atoms with van der Waals surface area (Å²) in [4.78, 5) is 17.5. The van der Waals surface area contributed by atoms with Crippen LogP contribution in [0, 0.1) is 0 Å². The topological polar surface area (TPSA) is 38.8 Å². The zero-order chi connectivity index (χ0) is 16.0. The first kappa shape index (κ1) is 18.5. The number of amides is 1. The molecule has 0 heterocycles. The Morgan fingerprint density at radius 1 is 1.00 bits per heavy atom. The normalized spacial score (nSPS) is 10.5. The Kier molecular flexibility index (Phi) is 10.1. The molecule has 0 aliphatic heterocycles. The number of nitrogens with zero attached hydrogens (tertiary/aromatic N) is 1. The minimum Gasteiger partial charge on any atom is -0.448 e. The molecule has 0 atom stereocenters. The molecule has 0 unspecified atom stereocenters. The molecule has 4 nitrogen and oxygen atoms in total. The maximum absolute atomic E-state index is 11.9. The number of benzene rings is 1. The number of ether oxygens (including phenoxy) is 1. The Hall–Kier alpha value is -1.55. The minimum absolute atomic E-state index is 0.362. The average molecular weight is 307 g/mol. The van der Waals surface area contributed by atoms with Crippen LogP contribution in [-0.4, -0.2) is 24.3 Å². The number of unbranched alkanes of at least 4 members (excludes halogenated alkanes) is 5. The summed E-state index contributed by atoms with van der Waals surface area (Å²) in [6.45, 7) is 5.34. The van der Waals surface area contributed by atoms with Gasteiger partial charge in [-0.1, -0.05) is 69.4 Å². The summed E-state index contributed by atoms with van der Waals surface area (Å²) in [5.74, 6) is 0. The van der Waals surface area contributed by atoms with Crippen LogP contribution >= 0.6 is 0 Å². The zero-order valence-electron chi connectivity index (χ0n) is 13.9. The molecule has 22 heavy (non-hydrogen) atoms. The summed E-state index contributed by atoms with van der Waals surface area (Å²) in [7, 11) is 0. The quantitative estimate of drug-likeness (QED) is 0.429. The van der Waals surface area contributed by atoms with Crippen molar-refractivity contribution >= 4 is 6.09 Å². The predicted octanol–water partition coefficient (Wildman–Crippen LogP) is 4.94. The van der Waals surface area contributed by atoms with E-state index in [1.165, 1.54) is 30.7 Å². The molecule has 0 aliphatic rings. The van der Waals surface area contributed by atoms with Crippen LogP contribution in [0.15, 0.2) is 30.3 Å². The van der Waals surface area contributed by atoms with Crippen LogP contribution in [0.1, 0.15) is 57.9 Å². The van der Waals surface area contributed by atoms with Crippen molar-refractivity contribution < 1.29 is 14.4 Å². The van der Waals surface area contributed by atoms with Gasteiger partial charge in [0.05, 0.1) is 13.2 Å². The predicted molar refractivity (Wildman–Crippen MR) is 88.3 cm³/mol. The molecular formula is C18H29NO3. The summed E-state index contributed by atoms with van der Waals surface area (Å²) in [5.41, 5.74) is 1.04. The van der Waals surface area contributed by atoms with Crippen LogP contribution in [0.2, 0.25) is 0 Å². The number of carbonyl (C=O) groups excluding carboxylic acids is 1. The number of carbonyl (C=O) groups is 1. The molecule has 0 saturated heterocycles. The Bertz CT molecular complexity index is 395. The second kappa shape index (κ2) is 12.0. The first-order valence-electron chi connectivity index (χ1n) is 8.39. The molecule has 0 spiro atoms. The Labute approximate surface area is 134 Å². The fourth-order valence-electron chi connectivity index (χ4n) is 2.17. The van der Waals surface area contributed by atoms with Crippen molar-refractivity contribution in [1.29, 1.82) is 0 Å². The lowest BCUT2D eigenvalue weighted by Crippen LogP contribution is -2.32. The van der Waals surface area contributed by atoms with Gasteiger partial charge in [0.2, 0.25) is 0 Å². The number of hydroxylamine groups is 2. The van der Waals surface area contributed by atoms with E-state index in [1.807, 2.05) is 30.3 Å². The molecule has 4 heteroatoms. The van der Waals surface area contributed by atoms with Crippen molar-refractivity contribution in [3.05, 3.63) is 35.9 Å². The molecule has 0 aromatic heterocycles. The average Bonchev–Trinajstić information content (AvgIpc) is 2.54. The molecule has 1 aromatic carbocycles. The fourth-order valence-corrected chi connectivity index (χ4v) is 2.17. The fraction of sp³-hybridized carbons (Fsp3) is 0.611. The van der Waals surface area contributed by atoms with Crippen LogP contribution in [0.5, 0.6) is 0 Å². The molecule has 124 valence electrons. The number of hydrogen-bond acceptors (Lipinski definition) is 3. The van der Waals surface area contributed by atoms with Gasteiger partial charge in [0.25, 0.3) is 0 Å². The summed E-state index contributed by atoms with van der Waals surface area (Å²) < 4.78 is 5.05. The van der Waals surface area contributed by atoms with Gasteiger partial charge in [0, 0.05) is 0 Å². The first-order chi connectivity index (χ1) is 10.8. The SMILES string of the molecule is CCCCCCCCN(OCc1ccccc1)C(=O)OCC.